The maximum absolute atomic E-state index is 12.7. The molecule has 0 aromatic heterocycles. The zero-order valence-electron chi connectivity index (χ0n) is 36.3. The van der Waals surface area contributed by atoms with Crippen molar-refractivity contribution in [3.05, 3.63) is 12.2 Å². The Kier molecular flexibility index (Phi) is 42.4. The highest BCUT2D eigenvalue weighted by molar-refractivity contribution is 5.71. The summed E-state index contributed by atoms with van der Waals surface area (Å²) in [6, 6.07) is 0. The van der Waals surface area contributed by atoms with Gasteiger partial charge in [0.25, 0.3) is 0 Å². The molecule has 0 radical (unpaired) electrons. The van der Waals surface area contributed by atoms with Crippen LogP contribution in [0, 0.1) is 0 Å². The standard InChI is InChI=1S/C48H90O6/c1-4-7-10-13-16-19-21-23-24-25-26-28-29-32-35-38-41-47(50)53-44-45(43-52-46(49)40-37-34-31-18-15-12-9-6-3)54-48(51)42-39-36-33-30-27-22-20-17-14-11-8-5-2/h24-25,45H,4-23,26-44H2,1-3H3/b25-24-. The molecule has 0 saturated carbocycles. The zero-order chi connectivity index (χ0) is 39.4. The van der Waals surface area contributed by atoms with Crippen molar-refractivity contribution in [2.24, 2.45) is 0 Å². The van der Waals surface area contributed by atoms with E-state index in [2.05, 4.69) is 32.9 Å². The number of hydrogen-bond donors (Lipinski definition) is 0. The minimum absolute atomic E-state index is 0.0686. The van der Waals surface area contributed by atoms with E-state index in [9.17, 15) is 14.4 Å². The number of esters is 3. The number of carbonyl (C=O) groups is 3. The summed E-state index contributed by atoms with van der Waals surface area (Å²) in [5.41, 5.74) is 0. The summed E-state index contributed by atoms with van der Waals surface area (Å²) in [7, 11) is 0. The lowest BCUT2D eigenvalue weighted by atomic mass is 10.0. The predicted molar refractivity (Wildman–Crippen MR) is 229 cm³/mol. The fraction of sp³-hybridized carbons (Fsp3) is 0.896. The van der Waals surface area contributed by atoms with Crippen molar-refractivity contribution >= 4 is 17.9 Å². The molecule has 0 aliphatic carbocycles. The molecule has 0 heterocycles. The number of ether oxygens (including phenoxy) is 3. The molecule has 6 heteroatoms. The maximum Gasteiger partial charge on any atom is 0.306 e. The van der Waals surface area contributed by atoms with Gasteiger partial charge in [0.1, 0.15) is 13.2 Å². The van der Waals surface area contributed by atoms with Crippen molar-refractivity contribution in [2.45, 2.75) is 264 Å². The van der Waals surface area contributed by atoms with E-state index in [0.29, 0.717) is 19.3 Å². The van der Waals surface area contributed by atoms with Gasteiger partial charge < -0.3 is 14.2 Å². The van der Waals surface area contributed by atoms with Crippen molar-refractivity contribution in [3.8, 4) is 0 Å². The Morgan fingerprint density at radius 2 is 0.611 bits per heavy atom. The molecule has 0 spiro atoms. The molecular formula is C48H90O6. The Morgan fingerprint density at radius 1 is 0.352 bits per heavy atom. The lowest BCUT2D eigenvalue weighted by Gasteiger charge is -2.18. The number of unbranched alkanes of at least 4 members (excludes halogenated alkanes) is 30. The summed E-state index contributed by atoms with van der Waals surface area (Å²) < 4.78 is 16.7. The van der Waals surface area contributed by atoms with E-state index in [-0.39, 0.29) is 31.1 Å². The lowest BCUT2D eigenvalue weighted by molar-refractivity contribution is -0.167. The average molecular weight is 763 g/mol. The number of rotatable bonds is 43. The molecule has 0 N–H and O–H groups in total. The summed E-state index contributed by atoms with van der Waals surface area (Å²) in [4.78, 5) is 37.7. The number of carbonyl (C=O) groups excluding carboxylic acids is 3. The highest BCUT2D eigenvalue weighted by Crippen LogP contribution is 2.15. The van der Waals surface area contributed by atoms with Crippen LogP contribution < -0.4 is 0 Å². The summed E-state index contributed by atoms with van der Waals surface area (Å²) in [5.74, 6) is -0.872. The van der Waals surface area contributed by atoms with Gasteiger partial charge in [0.15, 0.2) is 6.10 Å². The first-order chi connectivity index (χ1) is 26.5. The number of allylic oxidation sites excluding steroid dienone is 2. The minimum atomic E-state index is -0.764. The van der Waals surface area contributed by atoms with Crippen LogP contribution in [0.25, 0.3) is 0 Å². The Bertz CT molecular complexity index is 839. The first-order valence-corrected chi connectivity index (χ1v) is 23.7. The second-order valence-electron chi connectivity index (χ2n) is 16.0. The first kappa shape index (κ1) is 52.2. The van der Waals surface area contributed by atoms with E-state index in [1.807, 2.05) is 0 Å². The molecule has 1 unspecified atom stereocenters. The fourth-order valence-electron chi connectivity index (χ4n) is 6.91. The first-order valence-electron chi connectivity index (χ1n) is 23.7. The summed E-state index contributed by atoms with van der Waals surface area (Å²) in [6.07, 6.45) is 46.2. The van der Waals surface area contributed by atoms with Crippen LogP contribution in [0.3, 0.4) is 0 Å². The Hall–Kier alpha value is -1.85. The zero-order valence-corrected chi connectivity index (χ0v) is 36.3. The minimum Gasteiger partial charge on any atom is -0.462 e. The molecule has 0 aromatic carbocycles. The van der Waals surface area contributed by atoms with Crippen molar-refractivity contribution in [2.75, 3.05) is 13.2 Å². The Labute approximate surface area is 335 Å². The third-order valence-corrected chi connectivity index (χ3v) is 10.5. The van der Waals surface area contributed by atoms with Crippen LogP contribution in [0.4, 0.5) is 0 Å². The van der Waals surface area contributed by atoms with Crippen LogP contribution >= 0.6 is 0 Å². The molecule has 0 aliphatic heterocycles. The van der Waals surface area contributed by atoms with Gasteiger partial charge in [0.05, 0.1) is 0 Å². The second kappa shape index (κ2) is 43.9. The highest BCUT2D eigenvalue weighted by Gasteiger charge is 2.19. The molecule has 0 fully saturated rings. The molecular weight excluding hydrogens is 673 g/mol. The third kappa shape index (κ3) is 41.3. The van der Waals surface area contributed by atoms with E-state index in [1.165, 1.54) is 154 Å². The summed E-state index contributed by atoms with van der Waals surface area (Å²) in [5, 5.41) is 0. The molecule has 0 amide bonds. The van der Waals surface area contributed by atoms with Gasteiger partial charge in [0.2, 0.25) is 0 Å². The van der Waals surface area contributed by atoms with E-state index in [1.54, 1.807) is 0 Å². The average Bonchev–Trinajstić information content (AvgIpc) is 3.17. The second-order valence-corrected chi connectivity index (χ2v) is 16.0. The van der Waals surface area contributed by atoms with Gasteiger partial charge in [-0.3, -0.25) is 14.4 Å². The van der Waals surface area contributed by atoms with Gasteiger partial charge in [-0.2, -0.15) is 0 Å². The van der Waals surface area contributed by atoms with Crippen molar-refractivity contribution in [1.82, 2.24) is 0 Å². The summed E-state index contributed by atoms with van der Waals surface area (Å²) in [6.45, 7) is 6.61. The fourth-order valence-corrected chi connectivity index (χ4v) is 6.91. The molecule has 6 nitrogen and oxygen atoms in total. The largest absolute Gasteiger partial charge is 0.462 e. The van der Waals surface area contributed by atoms with Gasteiger partial charge in [-0.15, -0.1) is 0 Å². The molecule has 0 saturated heterocycles. The van der Waals surface area contributed by atoms with E-state index < -0.39 is 6.10 Å². The van der Waals surface area contributed by atoms with Crippen molar-refractivity contribution in [1.29, 1.82) is 0 Å². The smallest absolute Gasteiger partial charge is 0.306 e. The SMILES string of the molecule is CCCCCCCCC/C=C\CCCCCCCC(=O)OCC(COC(=O)CCCCCCCCCC)OC(=O)CCCCCCCCCCCCCC. The van der Waals surface area contributed by atoms with E-state index in [4.69, 9.17) is 14.2 Å². The van der Waals surface area contributed by atoms with E-state index >= 15 is 0 Å². The van der Waals surface area contributed by atoms with Crippen molar-refractivity contribution < 1.29 is 28.6 Å². The van der Waals surface area contributed by atoms with Gasteiger partial charge in [-0.25, -0.2) is 0 Å². The van der Waals surface area contributed by atoms with Gasteiger partial charge in [-0.1, -0.05) is 206 Å². The normalized spacial score (nSPS) is 12.0. The Morgan fingerprint density at radius 3 is 0.926 bits per heavy atom. The van der Waals surface area contributed by atoms with Crippen LogP contribution in [0.15, 0.2) is 12.2 Å². The Balaban J connectivity index is 4.29. The van der Waals surface area contributed by atoms with Crippen molar-refractivity contribution in [3.63, 3.8) is 0 Å². The molecule has 1 atom stereocenters. The molecule has 0 bridgehead atoms. The predicted octanol–water partition coefficient (Wildman–Crippen LogP) is 15.0. The molecule has 0 aliphatic rings. The third-order valence-electron chi connectivity index (χ3n) is 10.5. The van der Waals surface area contributed by atoms with Crippen LogP contribution in [0.2, 0.25) is 0 Å². The monoisotopic (exact) mass is 763 g/mol. The van der Waals surface area contributed by atoms with Crippen LogP contribution in [0.1, 0.15) is 258 Å². The molecule has 0 aromatic rings. The van der Waals surface area contributed by atoms with E-state index in [0.717, 1.165) is 64.2 Å². The van der Waals surface area contributed by atoms with Crippen LogP contribution in [-0.2, 0) is 28.6 Å². The number of hydrogen-bond acceptors (Lipinski definition) is 6. The van der Waals surface area contributed by atoms with Gasteiger partial charge in [0, 0.05) is 19.3 Å². The molecule has 0 rings (SSSR count). The lowest BCUT2D eigenvalue weighted by Crippen LogP contribution is -2.30. The quantitative estimate of drug-likeness (QED) is 0.0266. The highest BCUT2D eigenvalue weighted by atomic mass is 16.6. The molecule has 318 valence electrons. The maximum atomic E-state index is 12.7. The summed E-state index contributed by atoms with van der Waals surface area (Å²) >= 11 is 0. The molecule has 54 heavy (non-hydrogen) atoms. The topological polar surface area (TPSA) is 78.9 Å². The van der Waals surface area contributed by atoms with Gasteiger partial charge in [-0.05, 0) is 44.9 Å². The van der Waals surface area contributed by atoms with Crippen LogP contribution in [-0.4, -0.2) is 37.2 Å². The van der Waals surface area contributed by atoms with Gasteiger partial charge >= 0.3 is 17.9 Å². The van der Waals surface area contributed by atoms with Crippen LogP contribution in [0.5, 0.6) is 0 Å².